The van der Waals surface area contributed by atoms with Gasteiger partial charge < -0.3 is 15.3 Å². The molecule has 5 nitrogen and oxygen atoms in total. The highest BCUT2D eigenvalue weighted by atomic mass is 19.4. The fourth-order valence-corrected chi connectivity index (χ4v) is 6.14. The number of piperidine rings is 1. The Kier molecular flexibility index (Phi) is 5.84. The number of halogens is 3. The molecule has 3 aliphatic rings. The molecule has 182 valence electrons. The van der Waals surface area contributed by atoms with Gasteiger partial charge in [-0.2, -0.15) is 13.2 Å². The maximum Gasteiger partial charge on any atom is 0.416 e. The van der Waals surface area contributed by atoms with Crippen LogP contribution in [-0.2, 0) is 16.6 Å². The van der Waals surface area contributed by atoms with Crippen molar-refractivity contribution in [2.45, 2.75) is 61.9 Å². The Morgan fingerprint density at radius 2 is 1.62 bits per heavy atom. The third-order valence-electron chi connectivity index (χ3n) is 8.02. The number of nitrogens with zero attached hydrogens (tertiary/aromatic N) is 2. The van der Waals surface area contributed by atoms with E-state index in [-0.39, 0.29) is 11.9 Å². The van der Waals surface area contributed by atoms with Crippen molar-refractivity contribution in [3.8, 4) is 0 Å². The average molecular weight is 474 g/mol. The van der Waals surface area contributed by atoms with Crippen molar-refractivity contribution in [1.82, 2.24) is 10.2 Å². The van der Waals surface area contributed by atoms with Gasteiger partial charge in [0.05, 0.1) is 12.2 Å². The molecule has 1 amide bonds. The van der Waals surface area contributed by atoms with E-state index in [4.69, 9.17) is 0 Å². The monoisotopic (exact) mass is 473 g/mol. The highest BCUT2D eigenvalue weighted by Gasteiger charge is 2.53. The van der Waals surface area contributed by atoms with Gasteiger partial charge in [-0.25, -0.2) is 0 Å². The van der Waals surface area contributed by atoms with Crippen molar-refractivity contribution in [2.24, 2.45) is 0 Å². The molecule has 2 N–H and O–H groups in total. The fourth-order valence-electron chi connectivity index (χ4n) is 6.14. The van der Waals surface area contributed by atoms with Gasteiger partial charge in [-0.05, 0) is 55.5 Å². The molecule has 3 fully saturated rings. The van der Waals surface area contributed by atoms with Gasteiger partial charge in [-0.1, -0.05) is 43.2 Å². The smallest absolute Gasteiger partial charge is 0.384 e. The molecule has 2 aliphatic heterocycles. The minimum atomic E-state index is -4.40. The first-order valence-corrected chi connectivity index (χ1v) is 12.0. The van der Waals surface area contributed by atoms with Crippen molar-refractivity contribution < 1.29 is 23.1 Å². The number of amides is 1. The number of carbonyl (C=O) groups excluding carboxylic acids is 1. The van der Waals surface area contributed by atoms with Gasteiger partial charge in [-0.3, -0.25) is 9.69 Å². The van der Waals surface area contributed by atoms with Crippen molar-refractivity contribution in [2.75, 3.05) is 24.7 Å². The minimum Gasteiger partial charge on any atom is -0.384 e. The standard InChI is InChI=1S/C26H30F3N3O2/c27-26(28,29)20-11-9-19(10-12-20)25(34)13-5-4-8-22(25)31-16-14-24(15-17-31)23(33)30-18-32(24)21-6-2-1-3-7-21/h1-3,6-7,9-12,22,34H,4-5,8,13-18H2,(H,30,33). The van der Waals surface area contributed by atoms with Crippen molar-refractivity contribution in [3.63, 3.8) is 0 Å². The first-order chi connectivity index (χ1) is 16.2. The molecule has 0 radical (unpaired) electrons. The molecule has 2 saturated heterocycles. The molecule has 2 atom stereocenters. The predicted octanol–water partition coefficient (Wildman–Crippen LogP) is 4.26. The van der Waals surface area contributed by atoms with Gasteiger partial charge in [0.15, 0.2) is 0 Å². The van der Waals surface area contributed by atoms with Gasteiger partial charge >= 0.3 is 6.18 Å². The van der Waals surface area contributed by atoms with Gasteiger partial charge in [-0.15, -0.1) is 0 Å². The predicted molar refractivity (Wildman–Crippen MR) is 123 cm³/mol. The Balaban J connectivity index is 1.36. The van der Waals surface area contributed by atoms with Crippen LogP contribution in [-0.4, -0.2) is 47.3 Å². The number of anilines is 1. The lowest BCUT2D eigenvalue weighted by molar-refractivity contribution is -0.137. The van der Waals surface area contributed by atoms with Gasteiger partial charge in [0.2, 0.25) is 5.91 Å². The number of alkyl halides is 3. The van der Waals surface area contributed by atoms with E-state index in [2.05, 4.69) is 15.1 Å². The molecule has 8 heteroatoms. The van der Waals surface area contributed by atoms with Crippen LogP contribution in [0.2, 0.25) is 0 Å². The molecular weight excluding hydrogens is 443 g/mol. The number of carbonyl (C=O) groups is 1. The average Bonchev–Trinajstić information content (AvgIpc) is 3.15. The summed E-state index contributed by atoms with van der Waals surface area (Å²) in [6.07, 6.45) is -0.0519. The number of para-hydroxylation sites is 1. The Bertz CT molecular complexity index is 1020. The van der Waals surface area contributed by atoms with Crippen LogP contribution >= 0.6 is 0 Å². The first kappa shape index (κ1) is 23.2. The zero-order chi connectivity index (χ0) is 24.0. The largest absolute Gasteiger partial charge is 0.416 e. The highest BCUT2D eigenvalue weighted by molar-refractivity contribution is 5.93. The third kappa shape index (κ3) is 3.86. The summed E-state index contributed by atoms with van der Waals surface area (Å²) in [5.41, 5.74) is -0.980. The lowest BCUT2D eigenvalue weighted by atomic mass is 9.73. The summed E-state index contributed by atoms with van der Waals surface area (Å²) in [6, 6.07) is 14.7. The van der Waals surface area contributed by atoms with Gasteiger partial charge in [0, 0.05) is 24.8 Å². The molecule has 2 unspecified atom stereocenters. The molecule has 34 heavy (non-hydrogen) atoms. The quantitative estimate of drug-likeness (QED) is 0.700. The second kappa shape index (κ2) is 8.57. The number of aliphatic hydroxyl groups is 1. The van der Waals surface area contributed by atoms with Crippen LogP contribution in [0, 0.1) is 0 Å². The molecular formula is C26H30F3N3O2. The molecule has 2 aromatic rings. The van der Waals surface area contributed by atoms with E-state index in [0.29, 0.717) is 44.6 Å². The second-order valence-electron chi connectivity index (χ2n) is 9.76. The summed E-state index contributed by atoms with van der Waals surface area (Å²) in [6.45, 7) is 1.76. The van der Waals surface area contributed by atoms with E-state index in [1.165, 1.54) is 12.1 Å². The van der Waals surface area contributed by atoms with E-state index < -0.39 is 22.9 Å². The number of nitrogens with one attached hydrogen (secondary N) is 1. The molecule has 2 aromatic carbocycles. The Labute approximate surface area is 197 Å². The molecule has 0 bridgehead atoms. The van der Waals surface area contributed by atoms with Crippen LogP contribution in [0.5, 0.6) is 0 Å². The number of benzene rings is 2. The van der Waals surface area contributed by atoms with Crippen molar-refractivity contribution in [3.05, 3.63) is 65.7 Å². The summed E-state index contributed by atoms with van der Waals surface area (Å²) in [5, 5.41) is 14.8. The maximum absolute atomic E-state index is 13.0. The van der Waals surface area contributed by atoms with Crippen LogP contribution in [0.25, 0.3) is 0 Å². The van der Waals surface area contributed by atoms with E-state index in [1.54, 1.807) is 0 Å². The summed E-state index contributed by atoms with van der Waals surface area (Å²) < 4.78 is 39.1. The first-order valence-electron chi connectivity index (χ1n) is 12.0. The maximum atomic E-state index is 13.0. The molecule has 5 rings (SSSR count). The lowest BCUT2D eigenvalue weighted by Gasteiger charge is -2.51. The molecule has 1 saturated carbocycles. The van der Waals surface area contributed by atoms with Crippen LogP contribution < -0.4 is 10.2 Å². The highest BCUT2D eigenvalue weighted by Crippen LogP contribution is 2.44. The number of hydrogen-bond acceptors (Lipinski definition) is 4. The molecule has 0 aromatic heterocycles. The third-order valence-corrected chi connectivity index (χ3v) is 8.02. The van der Waals surface area contributed by atoms with Crippen LogP contribution in [0.1, 0.15) is 49.7 Å². The molecule has 1 aliphatic carbocycles. The van der Waals surface area contributed by atoms with Crippen molar-refractivity contribution >= 4 is 11.6 Å². The number of likely N-dealkylation sites (tertiary alicyclic amines) is 1. The van der Waals surface area contributed by atoms with Gasteiger partial charge in [0.25, 0.3) is 0 Å². The molecule has 2 heterocycles. The van der Waals surface area contributed by atoms with Gasteiger partial charge in [0.1, 0.15) is 11.1 Å². The van der Waals surface area contributed by atoms with E-state index in [0.717, 1.165) is 37.1 Å². The summed E-state index contributed by atoms with van der Waals surface area (Å²) >= 11 is 0. The van der Waals surface area contributed by atoms with Crippen LogP contribution in [0.4, 0.5) is 18.9 Å². The van der Waals surface area contributed by atoms with Crippen LogP contribution in [0.3, 0.4) is 0 Å². The summed E-state index contributed by atoms with van der Waals surface area (Å²) in [7, 11) is 0. The Morgan fingerprint density at radius 1 is 0.941 bits per heavy atom. The Hall–Kier alpha value is -2.58. The second-order valence-corrected chi connectivity index (χ2v) is 9.76. The topological polar surface area (TPSA) is 55.8 Å². The normalized spacial score (nSPS) is 27.7. The summed E-state index contributed by atoms with van der Waals surface area (Å²) in [4.78, 5) is 17.4. The number of rotatable bonds is 3. The Morgan fingerprint density at radius 3 is 2.26 bits per heavy atom. The van der Waals surface area contributed by atoms with Crippen molar-refractivity contribution in [1.29, 1.82) is 0 Å². The SMILES string of the molecule is O=C1NCN(c2ccccc2)C12CCN(C1CCCCC1(O)c1ccc(C(F)(F)F)cc1)CC2. The van der Waals surface area contributed by atoms with E-state index in [1.807, 2.05) is 30.3 Å². The minimum absolute atomic E-state index is 0.0395. The molecule has 1 spiro atoms. The summed E-state index contributed by atoms with van der Waals surface area (Å²) in [5.74, 6) is 0.0395. The zero-order valence-corrected chi connectivity index (χ0v) is 19.0. The van der Waals surface area contributed by atoms with Crippen LogP contribution in [0.15, 0.2) is 54.6 Å². The fraction of sp³-hybridized carbons (Fsp3) is 0.500. The van der Waals surface area contributed by atoms with E-state index in [9.17, 15) is 23.1 Å². The number of hydrogen-bond donors (Lipinski definition) is 2. The van der Waals surface area contributed by atoms with E-state index >= 15 is 0 Å². The lowest BCUT2D eigenvalue weighted by Crippen LogP contribution is -2.61. The zero-order valence-electron chi connectivity index (χ0n) is 19.0.